The van der Waals surface area contributed by atoms with Crippen LogP contribution in [0.1, 0.15) is 31.9 Å². The molecule has 0 saturated heterocycles. The van der Waals surface area contributed by atoms with E-state index in [0.29, 0.717) is 6.54 Å². The number of benzene rings is 2. The van der Waals surface area contributed by atoms with Gasteiger partial charge in [-0.05, 0) is 32.4 Å². The van der Waals surface area contributed by atoms with Crippen molar-refractivity contribution < 1.29 is 9.90 Å². The number of hydrazone groups is 1. The lowest BCUT2D eigenvalue weighted by Crippen LogP contribution is -2.42. The number of phenolic OH excluding ortho intramolecular Hbond substituents is 1. The molecule has 2 aromatic carbocycles. The fourth-order valence-corrected chi connectivity index (χ4v) is 2.99. The number of nitrogens with one attached hydrogen (secondary N) is 2. The Balaban J connectivity index is 1.84. The Kier molecular flexibility index (Phi) is 8.48. The maximum absolute atomic E-state index is 12.1. The van der Waals surface area contributed by atoms with Crippen molar-refractivity contribution >= 4 is 17.3 Å². The van der Waals surface area contributed by atoms with E-state index >= 15 is 0 Å². The fourth-order valence-electron chi connectivity index (χ4n) is 2.99. The van der Waals surface area contributed by atoms with E-state index in [2.05, 4.69) is 34.7 Å². The van der Waals surface area contributed by atoms with E-state index in [1.165, 1.54) is 0 Å². The third-order valence-corrected chi connectivity index (χ3v) is 4.60. The molecule has 0 radical (unpaired) electrons. The second kappa shape index (κ2) is 11.1. The predicted octanol–water partition coefficient (Wildman–Crippen LogP) is 2.72. The summed E-state index contributed by atoms with van der Waals surface area (Å²) in [5.74, 6) is 0.00747. The molecule has 7 heteroatoms. The van der Waals surface area contributed by atoms with Crippen LogP contribution in [0, 0.1) is 0 Å². The molecule has 29 heavy (non-hydrogen) atoms. The summed E-state index contributed by atoms with van der Waals surface area (Å²) in [6.45, 7) is 8.25. The van der Waals surface area contributed by atoms with Gasteiger partial charge in [-0.2, -0.15) is 5.10 Å². The number of rotatable bonds is 10. The average Bonchev–Trinajstić information content (AvgIpc) is 2.71. The van der Waals surface area contributed by atoms with Crippen LogP contribution in [0.25, 0.3) is 0 Å². The van der Waals surface area contributed by atoms with Crippen LogP contribution in [0.5, 0.6) is 5.75 Å². The van der Waals surface area contributed by atoms with Crippen molar-refractivity contribution in [3.05, 3.63) is 59.7 Å². The molecule has 0 spiro atoms. The van der Waals surface area contributed by atoms with Crippen molar-refractivity contribution in [3.8, 4) is 5.75 Å². The first kappa shape index (κ1) is 22.2. The summed E-state index contributed by atoms with van der Waals surface area (Å²) < 4.78 is 0. The molecule has 7 nitrogen and oxygen atoms in total. The minimum absolute atomic E-state index is 0.0569. The van der Waals surface area contributed by atoms with Gasteiger partial charge in [0.25, 0.3) is 5.91 Å². The van der Waals surface area contributed by atoms with Crippen LogP contribution in [0.4, 0.5) is 5.69 Å². The maximum Gasteiger partial charge on any atom is 0.255 e. The lowest BCUT2D eigenvalue weighted by atomic mass is 10.1. The number of hydrogen-bond acceptors (Lipinski definition) is 6. The van der Waals surface area contributed by atoms with Gasteiger partial charge in [-0.15, -0.1) is 0 Å². The number of hydrazine groups is 1. The quantitative estimate of drug-likeness (QED) is 0.424. The van der Waals surface area contributed by atoms with E-state index in [0.717, 1.165) is 35.6 Å². The summed E-state index contributed by atoms with van der Waals surface area (Å²) in [5.41, 5.74) is 9.10. The number of phenols is 1. The summed E-state index contributed by atoms with van der Waals surface area (Å²) in [7, 11) is 1.76. The van der Waals surface area contributed by atoms with Gasteiger partial charge in [0.05, 0.1) is 5.71 Å². The molecule has 156 valence electrons. The fraction of sp³-hybridized carbons (Fsp3) is 0.364. The van der Waals surface area contributed by atoms with Gasteiger partial charge in [-0.3, -0.25) is 10.2 Å². The normalized spacial score (nSPS) is 11.4. The van der Waals surface area contributed by atoms with E-state index in [9.17, 15) is 9.90 Å². The number of carbonyl (C=O) groups excluding carboxylic acids is 1. The van der Waals surface area contributed by atoms with E-state index in [-0.39, 0.29) is 18.2 Å². The standard InChI is InChI=1S/C22H31N5O2/c1-5-27(6-2)20-13-12-19(21(28)14-20)16-26(4)25-22(29)15-23-24-17(3)18-10-8-7-9-11-18/h7-14,23,28H,5-6,15-16H2,1-4H3,(H,25,29)/b24-17+. The third kappa shape index (κ3) is 6.80. The number of amides is 1. The molecule has 0 unspecified atom stereocenters. The highest BCUT2D eigenvalue weighted by molar-refractivity contribution is 5.98. The summed E-state index contributed by atoms with van der Waals surface area (Å²) in [5, 5.41) is 16.2. The van der Waals surface area contributed by atoms with Crippen molar-refractivity contribution in [2.24, 2.45) is 5.10 Å². The van der Waals surface area contributed by atoms with Crippen LogP contribution >= 0.6 is 0 Å². The Morgan fingerprint density at radius 3 is 2.41 bits per heavy atom. The molecule has 0 aliphatic rings. The molecular weight excluding hydrogens is 366 g/mol. The first-order chi connectivity index (χ1) is 13.9. The summed E-state index contributed by atoms with van der Waals surface area (Å²) in [6.07, 6.45) is 0. The smallest absolute Gasteiger partial charge is 0.255 e. The van der Waals surface area contributed by atoms with Gasteiger partial charge in [-0.1, -0.05) is 36.4 Å². The van der Waals surface area contributed by atoms with Crippen LogP contribution in [-0.2, 0) is 11.3 Å². The monoisotopic (exact) mass is 397 g/mol. The molecule has 0 heterocycles. The number of anilines is 1. The van der Waals surface area contributed by atoms with Gasteiger partial charge in [0, 0.05) is 44.0 Å². The molecule has 0 fully saturated rings. The molecule has 1 amide bonds. The van der Waals surface area contributed by atoms with Crippen molar-refractivity contribution in [2.75, 3.05) is 31.6 Å². The Hall–Kier alpha value is -3.06. The Bertz CT molecular complexity index is 819. The molecule has 3 N–H and O–H groups in total. The van der Waals surface area contributed by atoms with Gasteiger partial charge in [0.2, 0.25) is 0 Å². The van der Waals surface area contributed by atoms with Gasteiger partial charge in [0.1, 0.15) is 12.3 Å². The van der Waals surface area contributed by atoms with Gasteiger partial charge < -0.3 is 15.4 Å². The number of hydrogen-bond donors (Lipinski definition) is 3. The van der Waals surface area contributed by atoms with E-state index in [1.54, 1.807) is 18.1 Å². The van der Waals surface area contributed by atoms with Crippen molar-refractivity contribution in [1.29, 1.82) is 0 Å². The number of nitrogens with zero attached hydrogens (tertiary/aromatic N) is 3. The minimum atomic E-state index is -0.212. The Morgan fingerprint density at radius 2 is 1.79 bits per heavy atom. The zero-order valence-corrected chi connectivity index (χ0v) is 17.6. The topological polar surface area (TPSA) is 80.2 Å². The van der Waals surface area contributed by atoms with Crippen molar-refractivity contribution in [3.63, 3.8) is 0 Å². The molecule has 2 aromatic rings. The molecule has 0 saturated carbocycles. The summed E-state index contributed by atoms with van der Waals surface area (Å²) in [6, 6.07) is 15.4. The van der Waals surface area contributed by atoms with E-state index < -0.39 is 0 Å². The van der Waals surface area contributed by atoms with Crippen LogP contribution in [0.3, 0.4) is 0 Å². The molecule has 0 aliphatic carbocycles. The first-order valence-electron chi connectivity index (χ1n) is 9.84. The molecule has 2 rings (SSSR count). The molecule has 0 bridgehead atoms. The van der Waals surface area contributed by atoms with Crippen LogP contribution in [-0.4, -0.2) is 48.4 Å². The summed E-state index contributed by atoms with van der Waals surface area (Å²) in [4.78, 5) is 14.3. The van der Waals surface area contributed by atoms with Crippen LogP contribution < -0.4 is 15.8 Å². The SMILES string of the molecule is CCN(CC)c1ccc(CN(C)NC(=O)CN/N=C(\C)c2ccccc2)c(O)c1. The molecular formula is C22H31N5O2. The second-order valence-electron chi connectivity index (χ2n) is 6.77. The van der Waals surface area contributed by atoms with Crippen LogP contribution in [0.15, 0.2) is 53.6 Å². The minimum Gasteiger partial charge on any atom is -0.508 e. The highest BCUT2D eigenvalue weighted by Crippen LogP contribution is 2.25. The first-order valence-corrected chi connectivity index (χ1v) is 9.84. The van der Waals surface area contributed by atoms with Crippen molar-refractivity contribution in [2.45, 2.75) is 27.3 Å². The number of carbonyl (C=O) groups is 1. The van der Waals surface area contributed by atoms with Gasteiger partial charge in [0.15, 0.2) is 0 Å². The van der Waals surface area contributed by atoms with E-state index in [4.69, 9.17) is 0 Å². The number of aromatic hydroxyl groups is 1. The van der Waals surface area contributed by atoms with Crippen molar-refractivity contribution in [1.82, 2.24) is 15.9 Å². The summed E-state index contributed by atoms with van der Waals surface area (Å²) >= 11 is 0. The van der Waals surface area contributed by atoms with Crippen LogP contribution in [0.2, 0.25) is 0 Å². The zero-order valence-electron chi connectivity index (χ0n) is 17.6. The van der Waals surface area contributed by atoms with Gasteiger partial charge in [-0.25, -0.2) is 5.01 Å². The lowest BCUT2D eigenvalue weighted by Gasteiger charge is -2.23. The Morgan fingerprint density at radius 1 is 1.10 bits per heavy atom. The average molecular weight is 398 g/mol. The highest BCUT2D eigenvalue weighted by Gasteiger charge is 2.10. The maximum atomic E-state index is 12.1. The molecule has 0 aliphatic heterocycles. The predicted molar refractivity (Wildman–Crippen MR) is 118 cm³/mol. The Labute approximate surface area is 173 Å². The molecule has 0 atom stereocenters. The highest BCUT2D eigenvalue weighted by atomic mass is 16.3. The second-order valence-corrected chi connectivity index (χ2v) is 6.77. The third-order valence-electron chi connectivity index (χ3n) is 4.60. The molecule has 0 aromatic heterocycles. The largest absolute Gasteiger partial charge is 0.508 e. The van der Waals surface area contributed by atoms with E-state index in [1.807, 2.05) is 49.4 Å². The zero-order chi connectivity index (χ0) is 21.2. The van der Waals surface area contributed by atoms with Gasteiger partial charge >= 0.3 is 0 Å². The lowest BCUT2D eigenvalue weighted by molar-refractivity contribution is -0.124.